The highest BCUT2D eigenvalue weighted by Gasteiger charge is 2.60. The van der Waals surface area contributed by atoms with Gasteiger partial charge in [-0.1, -0.05) is 5.06 Å². The summed E-state index contributed by atoms with van der Waals surface area (Å²) < 4.78 is 0. The number of hydrogen-bond acceptors (Lipinski definition) is 3. The second-order valence-corrected chi connectivity index (χ2v) is 6.30. The van der Waals surface area contributed by atoms with Gasteiger partial charge in [0.15, 0.2) is 0 Å². The lowest BCUT2D eigenvalue weighted by atomic mass is 9.70. The smallest absolute Gasteiger partial charge is 0.322 e. The van der Waals surface area contributed by atoms with E-state index in [-0.39, 0.29) is 5.91 Å². The summed E-state index contributed by atoms with van der Waals surface area (Å²) in [7, 11) is 0. The van der Waals surface area contributed by atoms with Gasteiger partial charge >= 0.3 is 6.03 Å². The summed E-state index contributed by atoms with van der Waals surface area (Å²) in [5, 5.41) is 14.7. The van der Waals surface area contributed by atoms with Crippen LogP contribution in [0.5, 0.6) is 0 Å². The summed E-state index contributed by atoms with van der Waals surface area (Å²) in [6.07, 6.45) is 0.898. The van der Waals surface area contributed by atoms with Crippen LogP contribution in [0.4, 0.5) is 4.79 Å². The fourth-order valence-corrected chi connectivity index (χ4v) is 3.29. The molecule has 0 saturated carbocycles. The molecule has 0 aromatic rings. The fourth-order valence-electron chi connectivity index (χ4n) is 3.29. The average molecular weight is 242 g/mol. The number of nitrogens with zero attached hydrogens (tertiary/aromatic N) is 1. The zero-order valence-electron chi connectivity index (χ0n) is 10.7. The number of rotatable bonds is 0. The summed E-state index contributed by atoms with van der Waals surface area (Å²) in [6, 6.07) is -0.431. The topological polar surface area (TPSA) is 84.3 Å². The number of imide groups is 1. The average Bonchev–Trinajstić information content (AvgIpc) is 2.36. The van der Waals surface area contributed by atoms with E-state index in [1.54, 1.807) is 0 Å². The molecular formula is C11H20N3O3+. The summed E-state index contributed by atoms with van der Waals surface area (Å²) in [5.74, 6) is -0.267. The van der Waals surface area contributed by atoms with Crippen LogP contribution in [0.15, 0.2) is 0 Å². The number of hydrogen-bond donors (Lipinski definition) is 2. The molecule has 6 nitrogen and oxygen atoms in total. The molecule has 2 aliphatic heterocycles. The predicted molar refractivity (Wildman–Crippen MR) is 62.3 cm³/mol. The molecule has 4 N–H and O–H groups in total. The van der Waals surface area contributed by atoms with E-state index in [2.05, 4.69) is 10.6 Å². The van der Waals surface area contributed by atoms with Crippen molar-refractivity contribution in [2.24, 2.45) is 0 Å². The summed E-state index contributed by atoms with van der Waals surface area (Å²) in [6.45, 7) is 7.67. The van der Waals surface area contributed by atoms with Crippen LogP contribution in [-0.4, -0.2) is 38.8 Å². The van der Waals surface area contributed by atoms with Crippen LogP contribution in [0.1, 0.15) is 40.5 Å². The van der Waals surface area contributed by atoms with Crippen molar-refractivity contribution in [3.63, 3.8) is 0 Å². The molecule has 0 bridgehead atoms. The van der Waals surface area contributed by atoms with Crippen LogP contribution in [0, 0.1) is 0 Å². The van der Waals surface area contributed by atoms with Gasteiger partial charge in [0.2, 0.25) is 0 Å². The molecule has 17 heavy (non-hydrogen) atoms. The van der Waals surface area contributed by atoms with Crippen molar-refractivity contribution in [2.75, 3.05) is 0 Å². The third-order valence-corrected chi connectivity index (χ3v) is 3.69. The van der Waals surface area contributed by atoms with Crippen LogP contribution in [0.2, 0.25) is 0 Å². The minimum Gasteiger partial charge on any atom is -0.338 e. The van der Waals surface area contributed by atoms with E-state index in [0.717, 1.165) is 0 Å². The highest BCUT2D eigenvalue weighted by Crippen LogP contribution is 2.43. The Balaban J connectivity index is 2.40. The van der Waals surface area contributed by atoms with E-state index in [0.29, 0.717) is 12.8 Å². The Morgan fingerprint density at radius 1 is 1.12 bits per heavy atom. The molecule has 2 heterocycles. The summed E-state index contributed by atoms with van der Waals surface area (Å²) >= 11 is 0. The summed E-state index contributed by atoms with van der Waals surface area (Å²) in [4.78, 5) is 23.3. The Morgan fingerprint density at radius 2 is 1.59 bits per heavy atom. The molecule has 0 aromatic carbocycles. The molecule has 2 rings (SSSR count). The van der Waals surface area contributed by atoms with Gasteiger partial charge in [0, 0.05) is 12.8 Å². The molecule has 2 aliphatic rings. The third-order valence-electron chi connectivity index (χ3n) is 3.69. The fraction of sp³-hybridized carbons (Fsp3) is 0.818. The largest absolute Gasteiger partial charge is 0.338 e. The van der Waals surface area contributed by atoms with Crippen molar-refractivity contribution in [1.29, 1.82) is 0 Å². The first-order chi connectivity index (χ1) is 7.59. The molecule has 3 amide bonds. The Hall–Kier alpha value is -1.14. The molecule has 6 heteroatoms. The van der Waals surface area contributed by atoms with E-state index >= 15 is 0 Å². The van der Waals surface area contributed by atoms with Crippen LogP contribution in [0.25, 0.3) is 0 Å². The predicted octanol–water partition coefficient (Wildman–Crippen LogP) is -0.143. The minimum absolute atomic E-state index is 0.267. The van der Waals surface area contributed by atoms with Crippen LogP contribution < -0.4 is 10.6 Å². The van der Waals surface area contributed by atoms with Gasteiger partial charge in [-0.2, -0.15) is 0 Å². The molecule has 0 atom stereocenters. The van der Waals surface area contributed by atoms with Gasteiger partial charge < -0.3 is 10.5 Å². The van der Waals surface area contributed by atoms with Crippen LogP contribution in [-0.2, 0) is 4.79 Å². The maximum atomic E-state index is 12.0. The Kier molecular flexibility index (Phi) is 2.32. The van der Waals surface area contributed by atoms with Gasteiger partial charge in [-0.15, -0.1) is 0 Å². The lowest BCUT2D eigenvalue weighted by molar-refractivity contribution is -0.252. The number of carbonyl (C=O) groups excluding carboxylic acids is 2. The zero-order chi connectivity index (χ0) is 13.1. The number of piperidine rings is 1. The van der Waals surface area contributed by atoms with Gasteiger partial charge in [0.05, 0.1) is 11.1 Å². The Labute approximate surface area is 100 Å². The molecule has 96 valence electrons. The SMILES string of the molecule is CC1(C)CC2(CC(C)(C)N1[OH2+])NC(=O)NC2=O. The molecule has 0 aromatic heterocycles. The van der Waals surface area contributed by atoms with Crippen molar-refractivity contribution in [2.45, 2.75) is 57.2 Å². The van der Waals surface area contributed by atoms with Crippen molar-refractivity contribution < 1.29 is 14.8 Å². The van der Waals surface area contributed by atoms with Crippen molar-refractivity contribution in [3.8, 4) is 0 Å². The number of urea groups is 1. The van der Waals surface area contributed by atoms with Crippen LogP contribution >= 0.6 is 0 Å². The Morgan fingerprint density at radius 3 is 1.94 bits per heavy atom. The maximum absolute atomic E-state index is 12.0. The lowest BCUT2D eigenvalue weighted by Crippen LogP contribution is -2.68. The Bertz CT molecular complexity index is 371. The molecule has 1 spiro atoms. The quantitative estimate of drug-likeness (QED) is 0.458. The van der Waals surface area contributed by atoms with E-state index in [9.17, 15) is 9.59 Å². The first-order valence-electron chi connectivity index (χ1n) is 5.74. The van der Waals surface area contributed by atoms with Gasteiger partial charge in [-0.05, 0) is 27.7 Å². The van der Waals surface area contributed by atoms with Gasteiger partial charge in [-0.3, -0.25) is 10.1 Å². The summed E-state index contributed by atoms with van der Waals surface area (Å²) in [5.41, 5.74) is -1.78. The van der Waals surface area contributed by atoms with Crippen molar-refractivity contribution in [3.05, 3.63) is 0 Å². The normalized spacial score (nSPS) is 30.2. The highest BCUT2D eigenvalue weighted by atomic mass is 16.5. The number of hydroxylamine groups is 2. The van der Waals surface area contributed by atoms with Gasteiger partial charge in [-0.25, -0.2) is 4.79 Å². The number of amides is 3. The zero-order valence-corrected chi connectivity index (χ0v) is 10.7. The molecular weight excluding hydrogens is 222 g/mol. The van der Waals surface area contributed by atoms with E-state index < -0.39 is 22.6 Å². The van der Waals surface area contributed by atoms with Gasteiger partial charge in [0.1, 0.15) is 5.54 Å². The molecule has 2 fully saturated rings. The minimum atomic E-state index is -0.859. The van der Waals surface area contributed by atoms with Gasteiger partial charge in [0.25, 0.3) is 5.91 Å². The van der Waals surface area contributed by atoms with Crippen molar-refractivity contribution in [1.82, 2.24) is 15.7 Å². The monoisotopic (exact) mass is 242 g/mol. The van der Waals surface area contributed by atoms with E-state index in [1.807, 2.05) is 27.7 Å². The molecule has 2 saturated heterocycles. The number of nitrogens with one attached hydrogen (secondary N) is 2. The molecule has 0 unspecified atom stereocenters. The first kappa shape index (κ1) is 12.3. The van der Waals surface area contributed by atoms with Crippen LogP contribution in [0.3, 0.4) is 0 Å². The van der Waals surface area contributed by atoms with E-state index in [4.69, 9.17) is 5.21 Å². The third kappa shape index (κ3) is 1.71. The van der Waals surface area contributed by atoms with E-state index in [1.165, 1.54) is 5.06 Å². The molecule has 0 radical (unpaired) electrons. The number of carbonyl (C=O) groups is 2. The first-order valence-corrected chi connectivity index (χ1v) is 5.74. The highest BCUT2D eigenvalue weighted by molar-refractivity contribution is 6.07. The molecule has 0 aliphatic carbocycles. The second-order valence-electron chi connectivity index (χ2n) is 6.30. The lowest BCUT2D eigenvalue weighted by Gasteiger charge is -2.50. The van der Waals surface area contributed by atoms with Crippen molar-refractivity contribution >= 4 is 11.9 Å². The maximum Gasteiger partial charge on any atom is 0.322 e. The second kappa shape index (κ2) is 3.20. The standard InChI is InChI=1S/C11H19N3O3/c1-9(2)5-11(6-10(3,4)14(9)17)7(15)12-8(16)13-11/h17H,5-6H2,1-4H3,(H2,12,13,15,16)/p+1.